The van der Waals surface area contributed by atoms with E-state index in [0.29, 0.717) is 76.6 Å². The Balaban J connectivity index is 0.000000153. The standard InChI is InChI=1S/C36H44N6O5.C28H36BN3O5.C22H24BrN3O3/c1-24(26-7-10-30(45-6)11-8-26)41-22-27(20-34(41)43)25(2)46-33-19-28(23-42-32(33)13-14-38-42)31-12-9-29(21-37-31)39-15-17-40(18-16-39)35(44)47-36(3,4)5;1-18(20-8-10-23(34-7)11-9-20)31-16-21(14-26(31)33)19(2)35-25-15-22(17-32-24(25)12-13-30-32)29-36-27(3,4)28(5,6)37-29;1-14(16-4-6-19(28-3)7-5-16)25-12-17(10-22(25)27)15(2)29-21-11-18(23)13-26-20(21)8-9-24-26/h7-14,19,21,23-25,27H,15-18,20,22H2,1-6H3;8-13,15,17-19,21H,14,16H2,1-7H3;4-9,11,13-15,17H,10,12H2,1-3H3/t24-,25-,27-;18-,19-,21-;14-,15-,17-/m111/s1. The summed E-state index contributed by atoms with van der Waals surface area (Å²) >= 11 is 3.50. The van der Waals surface area contributed by atoms with E-state index < -0.39 is 23.9 Å². The third-order valence-corrected chi connectivity index (χ3v) is 23.4. The molecule has 10 aromatic rings. The fraction of sp³-hybridized carbons (Fsp3) is 0.442. The molecule has 15 rings (SSSR count). The molecule has 4 amide bonds. The van der Waals surface area contributed by atoms with Gasteiger partial charge in [0.2, 0.25) is 17.7 Å². The first kappa shape index (κ1) is 80.7. The van der Waals surface area contributed by atoms with Gasteiger partial charge in [0.05, 0.1) is 86.8 Å². The van der Waals surface area contributed by atoms with Crippen molar-refractivity contribution >= 4 is 74.6 Å². The lowest BCUT2D eigenvalue weighted by Gasteiger charge is -2.36. The molecular formula is C86H104BBrN12O13. The Hall–Kier alpha value is -10.4. The van der Waals surface area contributed by atoms with Crippen LogP contribution in [0.3, 0.4) is 0 Å². The van der Waals surface area contributed by atoms with Crippen LogP contribution in [-0.4, -0.2) is 187 Å². The molecule has 0 aliphatic carbocycles. The van der Waals surface area contributed by atoms with Crippen molar-refractivity contribution in [3.63, 3.8) is 0 Å². The van der Waals surface area contributed by atoms with E-state index in [1.807, 2.05) is 224 Å². The van der Waals surface area contributed by atoms with Crippen LogP contribution in [0.15, 0.2) is 169 Å². The van der Waals surface area contributed by atoms with Gasteiger partial charge < -0.3 is 67.0 Å². The smallest absolute Gasteiger partial charge is 0.496 e. The van der Waals surface area contributed by atoms with Crippen molar-refractivity contribution in [2.45, 2.75) is 163 Å². The van der Waals surface area contributed by atoms with Crippen molar-refractivity contribution in [2.24, 2.45) is 17.8 Å². The number of aromatic nitrogens is 7. The summed E-state index contributed by atoms with van der Waals surface area (Å²) < 4.78 is 59.5. The number of carbonyl (C=O) groups is 4. The minimum atomic E-state index is -0.523. The molecule has 0 N–H and O–H groups in total. The number of carbonyl (C=O) groups excluding carboxylic acids is 4. The van der Waals surface area contributed by atoms with Gasteiger partial charge in [-0.2, -0.15) is 15.3 Å². The lowest BCUT2D eigenvalue weighted by atomic mass is 9.80. The lowest BCUT2D eigenvalue weighted by Crippen LogP contribution is -2.50. The van der Waals surface area contributed by atoms with E-state index in [4.69, 9.17) is 47.5 Å². The molecule has 5 fully saturated rings. The van der Waals surface area contributed by atoms with Crippen molar-refractivity contribution in [3.05, 3.63) is 186 Å². The Kier molecular flexibility index (Phi) is 24.1. The fourth-order valence-corrected chi connectivity index (χ4v) is 15.6. The largest absolute Gasteiger partial charge is 0.497 e. The number of methoxy groups -OCH3 is 3. The Morgan fingerprint density at radius 2 is 0.903 bits per heavy atom. The number of rotatable bonds is 21. The Bertz CT molecular complexity index is 4970. The van der Waals surface area contributed by atoms with Crippen molar-refractivity contribution in [1.82, 2.24) is 53.4 Å². The number of likely N-dealkylation sites (tertiary alicyclic amines) is 3. The van der Waals surface area contributed by atoms with Gasteiger partial charge in [-0.1, -0.05) is 36.4 Å². The maximum Gasteiger partial charge on any atom is 0.496 e. The van der Waals surface area contributed by atoms with Gasteiger partial charge in [-0.25, -0.2) is 18.3 Å². The van der Waals surface area contributed by atoms with Gasteiger partial charge in [0.25, 0.3) is 0 Å². The van der Waals surface area contributed by atoms with Crippen LogP contribution in [0.1, 0.15) is 144 Å². The van der Waals surface area contributed by atoms with Gasteiger partial charge in [0, 0.05) is 117 Å². The average molecular weight is 1600 g/mol. The summed E-state index contributed by atoms with van der Waals surface area (Å²) in [5, 5.41) is 13.2. The van der Waals surface area contributed by atoms with Crippen LogP contribution in [0.2, 0.25) is 0 Å². The van der Waals surface area contributed by atoms with E-state index in [2.05, 4.69) is 63.0 Å². The topological polar surface area (TPSA) is 232 Å². The van der Waals surface area contributed by atoms with Gasteiger partial charge in [-0.15, -0.1) is 0 Å². The SMILES string of the molecule is COc1ccc([C@@H](C)N2C[C@H]([C@@H](C)Oc3cc(-c4ccc(N5CCN(C(=O)OC(C)(C)C)CC5)cn4)cn4nccc34)CC2=O)cc1.COc1ccc([C@@H](C)N2C[C@H]([C@@H](C)Oc3cc(B4OC(C)(C)C(C)(C)O4)cn4nccc34)CC2=O)cc1.COc1ccc([C@@H](C)N2C[C@H]([C@@H](C)Oc3cc(Br)cn4nccc34)CC2=O)cc1. The van der Waals surface area contributed by atoms with Crippen molar-refractivity contribution < 1.29 is 61.6 Å². The van der Waals surface area contributed by atoms with Gasteiger partial charge in [0.15, 0.2) is 0 Å². The minimum absolute atomic E-state index is 0.0120. The molecule has 12 heterocycles. The van der Waals surface area contributed by atoms with Crippen LogP contribution in [0.25, 0.3) is 27.8 Å². The van der Waals surface area contributed by atoms with E-state index >= 15 is 0 Å². The number of hydrogen-bond donors (Lipinski definition) is 0. The van der Waals surface area contributed by atoms with Crippen LogP contribution >= 0.6 is 15.9 Å². The molecule has 25 nitrogen and oxygen atoms in total. The van der Waals surface area contributed by atoms with Crippen LogP contribution in [0.5, 0.6) is 34.5 Å². The maximum atomic E-state index is 13.1. The highest BCUT2D eigenvalue weighted by atomic mass is 79.9. The molecule has 0 radical (unpaired) electrons. The molecule has 0 bridgehead atoms. The average Bonchev–Trinajstić information content (AvgIpc) is 1.61. The summed E-state index contributed by atoms with van der Waals surface area (Å²) in [5.74, 6) is 5.25. The minimum Gasteiger partial charge on any atom is -0.497 e. The van der Waals surface area contributed by atoms with Crippen molar-refractivity contribution in [2.75, 3.05) is 72.0 Å². The van der Waals surface area contributed by atoms with Crippen molar-refractivity contribution in [1.29, 1.82) is 0 Å². The molecule has 9 atom stereocenters. The monoisotopic (exact) mass is 1600 g/mol. The molecule has 5 saturated heterocycles. The molecule has 5 aliphatic heterocycles. The zero-order valence-electron chi connectivity index (χ0n) is 67.5. The third kappa shape index (κ3) is 18.2. The second kappa shape index (κ2) is 33.7. The van der Waals surface area contributed by atoms with Crippen LogP contribution in [0.4, 0.5) is 10.5 Å². The molecule has 0 spiro atoms. The van der Waals surface area contributed by atoms with Crippen molar-refractivity contribution in [3.8, 4) is 45.8 Å². The zero-order chi connectivity index (χ0) is 80.4. The molecule has 113 heavy (non-hydrogen) atoms. The third-order valence-electron chi connectivity index (χ3n) is 23.0. The number of piperazine rings is 1. The van der Waals surface area contributed by atoms with Gasteiger partial charge >= 0.3 is 13.2 Å². The number of anilines is 1. The van der Waals surface area contributed by atoms with Crippen LogP contribution in [0, 0.1) is 17.8 Å². The predicted molar refractivity (Wildman–Crippen MR) is 436 cm³/mol. The first-order valence-electron chi connectivity index (χ1n) is 38.9. The van der Waals surface area contributed by atoms with E-state index in [-0.39, 0.29) is 78.0 Å². The summed E-state index contributed by atoms with van der Waals surface area (Å²) in [4.78, 5) is 65.9. The number of hydrogen-bond acceptors (Lipinski definition) is 18. The van der Waals surface area contributed by atoms with Gasteiger partial charge in [0.1, 0.15) is 75.0 Å². The molecule has 7 aromatic heterocycles. The quantitative estimate of drug-likeness (QED) is 0.0608. The fourth-order valence-electron chi connectivity index (χ4n) is 15.2. The zero-order valence-corrected chi connectivity index (χ0v) is 69.1. The molecule has 0 saturated carbocycles. The summed E-state index contributed by atoms with van der Waals surface area (Å²) in [6.07, 6.45) is 13.5. The summed E-state index contributed by atoms with van der Waals surface area (Å²) in [6, 6.07) is 39.4. The molecule has 596 valence electrons. The second-order valence-electron chi connectivity index (χ2n) is 32.0. The predicted octanol–water partition coefficient (Wildman–Crippen LogP) is 14.3. The van der Waals surface area contributed by atoms with Gasteiger partial charge in [-0.05, 0) is 208 Å². The first-order chi connectivity index (χ1) is 53.9. The number of halogens is 1. The highest BCUT2D eigenvalue weighted by Crippen LogP contribution is 2.41. The molecule has 5 aliphatic rings. The number of benzene rings is 3. The van der Waals surface area contributed by atoms with E-state index in [1.54, 1.807) is 58.4 Å². The number of nitrogens with zero attached hydrogens (tertiary/aromatic N) is 12. The molecule has 27 heteroatoms. The Morgan fingerprint density at radius 3 is 1.29 bits per heavy atom. The number of fused-ring (bicyclic) bond motifs is 3. The highest BCUT2D eigenvalue weighted by molar-refractivity contribution is 9.10. The van der Waals surface area contributed by atoms with E-state index in [0.717, 1.165) is 83.1 Å². The summed E-state index contributed by atoms with van der Waals surface area (Å²) in [7, 11) is 4.42. The molecule has 3 aromatic carbocycles. The molecule has 0 unspecified atom stereocenters. The lowest BCUT2D eigenvalue weighted by molar-refractivity contribution is -0.130. The maximum absolute atomic E-state index is 13.1. The van der Waals surface area contributed by atoms with E-state index in [1.165, 1.54) is 0 Å². The summed E-state index contributed by atoms with van der Waals surface area (Å²) in [6.45, 7) is 30.6. The van der Waals surface area contributed by atoms with Gasteiger partial charge in [-0.3, -0.25) is 19.4 Å². The highest BCUT2D eigenvalue weighted by Gasteiger charge is 2.52. The Morgan fingerprint density at radius 1 is 0.513 bits per heavy atom. The number of amides is 4. The number of pyridine rings is 4. The second-order valence-corrected chi connectivity index (χ2v) is 32.9. The van der Waals surface area contributed by atoms with Crippen LogP contribution < -0.4 is 38.8 Å². The molecular weight excluding hydrogens is 1500 g/mol. The Labute approximate surface area is 669 Å². The summed E-state index contributed by atoms with van der Waals surface area (Å²) in [5.41, 5.74) is 8.00. The van der Waals surface area contributed by atoms with Crippen LogP contribution in [-0.2, 0) is 28.4 Å². The number of ether oxygens (including phenoxy) is 7. The van der Waals surface area contributed by atoms with E-state index in [9.17, 15) is 19.2 Å². The normalized spacial score (nSPS) is 19.8. The first-order valence-corrected chi connectivity index (χ1v) is 39.7.